The third kappa shape index (κ3) is 2.37. The zero-order chi connectivity index (χ0) is 13.2. The number of nitrogens with one attached hydrogen (secondary N) is 2. The second-order valence-electron chi connectivity index (χ2n) is 5.48. The number of rotatable bonds is 3. The van der Waals surface area contributed by atoms with Crippen LogP contribution >= 0.6 is 0 Å². The molecule has 0 aliphatic carbocycles. The highest BCUT2D eigenvalue weighted by molar-refractivity contribution is 5.56. The molecule has 0 aromatic carbocycles. The zero-order valence-electron chi connectivity index (χ0n) is 11.4. The first-order valence-electron chi connectivity index (χ1n) is 7.08. The van der Waals surface area contributed by atoms with Crippen molar-refractivity contribution in [2.45, 2.75) is 44.7 Å². The van der Waals surface area contributed by atoms with E-state index in [2.05, 4.69) is 25.6 Å². The van der Waals surface area contributed by atoms with Gasteiger partial charge in [-0.3, -0.25) is 4.90 Å². The van der Waals surface area contributed by atoms with Gasteiger partial charge in [-0.2, -0.15) is 0 Å². The summed E-state index contributed by atoms with van der Waals surface area (Å²) in [6.45, 7) is 4.45. The molecule has 2 unspecified atom stereocenters. The van der Waals surface area contributed by atoms with Crippen LogP contribution < -0.4 is 16.6 Å². The number of fused-ring (bicyclic) bond motifs is 1. The van der Waals surface area contributed by atoms with Crippen LogP contribution in [0.5, 0.6) is 0 Å². The van der Waals surface area contributed by atoms with E-state index in [1.54, 1.807) is 6.33 Å². The van der Waals surface area contributed by atoms with E-state index in [-0.39, 0.29) is 0 Å². The zero-order valence-corrected chi connectivity index (χ0v) is 11.4. The molecule has 1 aromatic heterocycles. The van der Waals surface area contributed by atoms with Gasteiger partial charge in [0.2, 0.25) is 0 Å². The van der Waals surface area contributed by atoms with Crippen LogP contribution in [0.3, 0.4) is 0 Å². The predicted octanol–water partition coefficient (Wildman–Crippen LogP) is 1.11. The summed E-state index contributed by atoms with van der Waals surface area (Å²) in [6.07, 6.45) is 6.73. The van der Waals surface area contributed by atoms with Crippen LogP contribution in [0.15, 0.2) is 6.33 Å². The number of piperidine rings is 1. The average molecular weight is 262 g/mol. The number of nitrogens with zero attached hydrogens (tertiary/aromatic N) is 3. The number of nitrogen functional groups attached to an aromatic ring is 1. The molecule has 2 saturated heterocycles. The number of aromatic nitrogens is 2. The molecule has 0 radical (unpaired) electrons. The van der Waals surface area contributed by atoms with E-state index >= 15 is 0 Å². The summed E-state index contributed by atoms with van der Waals surface area (Å²) >= 11 is 0. The van der Waals surface area contributed by atoms with Crippen LogP contribution in [-0.4, -0.2) is 40.0 Å². The van der Waals surface area contributed by atoms with Crippen LogP contribution in [0.25, 0.3) is 0 Å². The number of hydrazine groups is 1. The van der Waals surface area contributed by atoms with Crippen molar-refractivity contribution in [3.63, 3.8) is 0 Å². The van der Waals surface area contributed by atoms with E-state index in [4.69, 9.17) is 5.84 Å². The van der Waals surface area contributed by atoms with E-state index in [0.29, 0.717) is 17.9 Å². The predicted molar refractivity (Wildman–Crippen MR) is 75.8 cm³/mol. The summed E-state index contributed by atoms with van der Waals surface area (Å²) in [5.41, 5.74) is 3.60. The molecule has 3 rings (SSSR count). The lowest BCUT2D eigenvalue weighted by atomic mass is 9.99. The van der Waals surface area contributed by atoms with E-state index in [1.165, 1.54) is 38.8 Å². The molecule has 2 aliphatic rings. The van der Waals surface area contributed by atoms with Gasteiger partial charge in [0.25, 0.3) is 0 Å². The molecular weight excluding hydrogens is 240 g/mol. The van der Waals surface area contributed by atoms with Gasteiger partial charge in [0.1, 0.15) is 18.0 Å². The van der Waals surface area contributed by atoms with E-state index in [0.717, 1.165) is 11.4 Å². The summed E-state index contributed by atoms with van der Waals surface area (Å²) < 4.78 is 0. The van der Waals surface area contributed by atoms with Crippen molar-refractivity contribution in [3.8, 4) is 0 Å². The van der Waals surface area contributed by atoms with Gasteiger partial charge in [0, 0.05) is 24.2 Å². The van der Waals surface area contributed by atoms with E-state index in [9.17, 15) is 0 Å². The third-order valence-electron chi connectivity index (χ3n) is 4.40. The maximum atomic E-state index is 5.46. The molecule has 4 N–H and O–H groups in total. The minimum absolute atomic E-state index is 0.500. The van der Waals surface area contributed by atoms with E-state index in [1.807, 2.05) is 6.92 Å². The Morgan fingerprint density at radius 3 is 2.89 bits per heavy atom. The van der Waals surface area contributed by atoms with Crippen LogP contribution in [0, 0.1) is 6.92 Å². The molecular formula is C13H22N6. The van der Waals surface area contributed by atoms with Crippen molar-refractivity contribution >= 4 is 11.6 Å². The van der Waals surface area contributed by atoms with Gasteiger partial charge in [0.15, 0.2) is 0 Å². The van der Waals surface area contributed by atoms with Crippen molar-refractivity contribution in [1.82, 2.24) is 14.9 Å². The Kier molecular flexibility index (Phi) is 3.52. The Morgan fingerprint density at radius 2 is 2.05 bits per heavy atom. The molecule has 6 nitrogen and oxygen atoms in total. The molecule has 0 bridgehead atoms. The number of hydrogen-bond donors (Lipinski definition) is 3. The van der Waals surface area contributed by atoms with Gasteiger partial charge in [-0.1, -0.05) is 6.42 Å². The summed E-state index contributed by atoms with van der Waals surface area (Å²) in [7, 11) is 0. The van der Waals surface area contributed by atoms with Gasteiger partial charge >= 0.3 is 0 Å². The smallest absolute Gasteiger partial charge is 0.148 e. The van der Waals surface area contributed by atoms with Gasteiger partial charge in [-0.05, 0) is 32.7 Å². The lowest BCUT2D eigenvalue weighted by Gasteiger charge is -2.33. The average Bonchev–Trinajstić information content (AvgIpc) is 2.85. The second-order valence-corrected chi connectivity index (χ2v) is 5.48. The van der Waals surface area contributed by atoms with Crippen LogP contribution in [0.2, 0.25) is 0 Å². The lowest BCUT2D eigenvalue weighted by Crippen LogP contribution is -2.42. The summed E-state index contributed by atoms with van der Waals surface area (Å²) in [4.78, 5) is 11.1. The summed E-state index contributed by atoms with van der Waals surface area (Å²) in [5.74, 6) is 7.05. The fourth-order valence-corrected chi connectivity index (χ4v) is 3.33. The first kappa shape index (κ1) is 12.6. The summed E-state index contributed by atoms with van der Waals surface area (Å²) in [5, 5.41) is 3.59. The first-order valence-corrected chi connectivity index (χ1v) is 7.08. The molecule has 2 atom stereocenters. The highest BCUT2D eigenvalue weighted by Gasteiger charge is 2.35. The molecule has 6 heteroatoms. The van der Waals surface area contributed by atoms with Gasteiger partial charge in [-0.25, -0.2) is 15.8 Å². The molecule has 1 aromatic rings. The Hall–Kier alpha value is -1.40. The monoisotopic (exact) mass is 262 g/mol. The van der Waals surface area contributed by atoms with Crippen molar-refractivity contribution in [1.29, 1.82) is 0 Å². The minimum Gasteiger partial charge on any atom is -0.365 e. The summed E-state index contributed by atoms with van der Waals surface area (Å²) in [6, 6.07) is 1.16. The number of hydrogen-bond acceptors (Lipinski definition) is 6. The van der Waals surface area contributed by atoms with Gasteiger partial charge in [-0.15, -0.1) is 0 Å². The highest BCUT2D eigenvalue weighted by atomic mass is 15.3. The molecule has 3 heterocycles. The van der Waals surface area contributed by atoms with Crippen molar-refractivity contribution in [2.24, 2.45) is 5.84 Å². The third-order valence-corrected chi connectivity index (χ3v) is 4.40. The molecule has 104 valence electrons. The van der Waals surface area contributed by atoms with Gasteiger partial charge in [0.05, 0.1) is 0 Å². The molecule has 2 fully saturated rings. The van der Waals surface area contributed by atoms with Crippen LogP contribution in [0.1, 0.15) is 31.2 Å². The topological polar surface area (TPSA) is 79.1 Å². The molecule has 19 heavy (non-hydrogen) atoms. The van der Waals surface area contributed by atoms with Crippen molar-refractivity contribution in [3.05, 3.63) is 11.9 Å². The van der Waals surface area contributed by atoms with E-state index < -0.39 is 0 Å². The molecule has 0 amide bonds. The molecule has 2 aliphatic heterocycles. The Balaban J connectivity index is 1.75. The quantitative estimate of drug-likeness (QED) is 0.559. The number of nitrogens with two attached hydrogens (primary N) is 1. The van der Waals surface area contributed by atoms with Crippen molar-refractivity contribution in [2.75, 3.05) is 23.8 Å². The minimum atomic E-state index is 0.500. The largest absolute Gasteiger partial charge is 0.365 e. The fraction of sp³-hybridized carbons (Fsp3) is 0.692. The Bertz CT molecular complexity index is 449. The standard InChI is InChI=1S/C13H22N6/c1-9-12(15-8-16-13(9)18-14)17-10-5-7-19-6-3-2-4-11(10)19/h8,10-11H,2-7,14H2,1H3,(H2,15,16,17,18). The second kappa shape index (κ2) is 5.30. The molecule has 0 spiro atoms. The van der Waals surface area contributed by atoms with Crippen LogP contribution in [0.4, 0.5) is 11.6 Å². The fourth-order valence-electron chi connectivity index (χ4n) is 3.33. The number of anilines is 2. The molecule has 0 saturated carbocycles. The normalized spacial score (nSPS) is 27.1. The van der Waals surface area contributed by atoms with Crippen LogP contribution in [-0.2, 0) is 0 Å². The lowest BCUT2D eigenvalue weighted by molar-refractivity contribution is 0.192. The Morgan fingerprint density at radius 1 is 1.21 bits per heavy atom. The SMILES string of the molecule is Cc1c(NN)ncnc1NC1CCN2CCCCC12. The maximum Gasteiger partial charge on any atom is 0.148 e. The Labute approximate surface area is 113 Å². The first-order chi connectivity index (χ1) is 9.29. The van der Waals surface area contributed by atoms with Gasteiger partial charge < -0.3 is 10.7 Å². The van der Waals surface area contributed by atoms with Crippen molar-refractivity contribution < 1.29 is 0 Å². The maximum absolute atomic E-state index is 5.46. The highest BCUT2D eigenvalue weighted by Crippen LogP contribution is 2.30.